The second-order valence-electron chi connectivity index (χ2n) is 5.42. The van der Waals surface area contributed by atoms with Gasteiger partial charge in [0.15, 0.2) is 0 Å². The number of nitrogens with two attached hydrogens (primary N) is 1. The van der Waals surface area contributed by atoms with Crippen molar-refractivity contribution in [2.75, 3.05) is 18.8 Å². The van der Waals surface area contributed by atoms with E-state index in [1.165, 1.54) is 22.3 Å². The number of hydrogen-bond donors (Lipinski definition) is 1. The van der Waals surface area contributed by atoms with Gasteiger partial charge in [-0.25, -0.2) is 0 Å². The lowest BCUT2D eigenvalue weighted by molar-refractivity contribution is 0.287. The topological polar surface area (TPSA) is 29.3 Å². The van der Waals surface area contributed by atoms with Crippen LogP contribution < -0.4 is 5.73 Å². The Bertz CT molecular complexity index is 617. The molecule has 0 saturated heterocycles. The molecule has 0 unspecified atom stereocenters. The Morgan fingerprint density at radius 2 is 1.90 bits per heavy atom. The first-order valence-corrected chi connectivity index (χ1v) is 7.06. The molecule has 2 N–H and O–H groups in total. The molecule has 1 aliphatic rings. The van der Waals surface area contributed by atoms with Crippen LogP contribution in [0.25, 0.3) is 5.57 Å². The molecule has 2 aromatic rings. The molecule has 0 bridgehead atoms. The lowest BCUT2D eigenvalue weighted by Crippen LogP contribution is -2.32. The highest BCUT2D eigenvalue weighted by molar-refractivity contribution is 5.64. The van der Waals surface area contributed by atoms with Gasteiger partial charge in [0, 0.05) is 25.3 Å². The number of fused-ring (bicyclic) bond motifs is 1. The van der Waals surface area contributed by atoms with Crippen LogP contribution >= 0.6 is 0 Å². The van der Waals surface area contributed by atoms with Crippen LogP contribution in [0.15, 0.2) is 55.1 Å². The maximum atomic E-state index is 6.10. The van der Waals surface area contributed by atoms with E-state index in [4.69, 9.17) is 5.73 Å². The molecular formula is C18H20N2. The Labute approximate surface area is 120 Å². The van der Waals surface area contributed by atoms with Crippen LogP contribution in [-0.4, -0.2) is 18.0 Å². The summed E-state index contributed by atoms with van der Waals surface area (Å²) in [4.78, 5) is 2.42. The van der Waals surface area contributed by atoms with Gasteiger partial charge in [0.05, 0.1) is 0 Å². The summed E-state index contributed by atoms with van der Waals surface area (Å²) in [5.41, 5.74) is 12.1. The molecule has 2 aromatic carbocycles. The highest BCUT2D eigenvalue weighted by Crippen LogP contribution is 2.25. The van der Waals surface area contributed by atoms with Gasteiger partial charge in [-0.2, -0.15) is 0 Å². The van der Waals surface area contributed by atoms with Gasteiger partial charge in [0.1, 0.15) is 0 Å². The molecule has 102 valence electrons. The zero-order chi connectivity index (χ0) is 13.9. The number of anilines is 1. The van der Waals surface area contributed by atoms with Gasteiger partial charge in [-0.15, -0.1) is 0 Å². The van der Waals surface area contributed by atoms with Crippen molar-refractivity contribution in [3.8, 4) is 0 Å². The quantitative estimate of drug-likeness (QED) is 0.862. The second kappa shape index (κ2) is 5.51. The number of hydrogen-bond acceptors (Lipinski definition) is 2. The van der Waals surface area contributed by atoms with Crippen LogP contribution in [0.4, 0.5) is 5.69 Å². The normalized spacial score (nSPS) is 14.8. The van der Waals surface area contributed by atoms with E-state index in [-0.39, 0.29) is 0 Å². The van der Waals surface area contributed by atoms with Crippen molar-refractivity contribution < 1.29 is 0 Å². The van der Waals surface area contributed by atoms with Gasteiger partial charge in [-0.1, -0.05) is 49.0 Å². The van der Waals surface area contributed by atoms with Gasteiger partial charge in [0.2, 0.25) is 0 Å². The number of nitrogen functional groups attached to an aromatic ring is 1. The van der Waals surface area contributed by atoms with E-state index in [1.807, 2.05) is 18.2 Å². The average Bonchev–Trinajstić information content (AvgIpc) is 2.49. The Hall–Kier alpha value is -2.06. The van der Waals surface area contributed by atoms with Gasteiger partial charge in [0.25, 0.3) is 0 Å². The van der Waals surface area contributed by atoms with E-state index in [1.54, 1.807) is 0 Å². The van der Waals surface area contributed by atoms with Gasteiger partial charge in [-0.3, -0.25) is 4.90 Å². The fraction of sp³-hybridized carbons (Fsp3) is 0.222. The lowest BCUT2D eigenvalue weighted by Gasteiger charge is -2.30. The molecule has 0 amide bonds. The van der Waals surface area contributed by atoms with Gasteiger partial charge >= 0.3 is 0 Å². The van der Waals surface area contributed by atoms with Gasteiger partial charge < -0.3 is 5.73 Å². The Morgan fingerprint density at radius 3 is 2.70 bits per heavy atom. The predicted octanol–water partition coefficient (Wildman–Crippen LogP) is 3.34. The minimum atomic E-state index is 0.901. The van der Waals surface area contributed by atoms with E-state index >= 15 is 0 Å². The van der Waals surface area contributed by atoms with Crippen LogP contribution in [0.5, 0.6) is 0 Å². The van der Waals surface area contributed by atoms with Crippen LogP contribution in [0.2, 0.25) is 0 Å². The molecule has 0 saturated carbocycles. The molecule has 20 heavy (non-hydrogen) atoms. The van der Waals surface area contributed by atoms with Crippen LogP contribution in [0.3, 0.4) is 0 Å². The highest BCUT2D eigenvalue weighted by Gasteiger charge is 2.18. The van der Waals surface area contributed by atoms with E-state index in [9.17, 15) is 0 Å². The predicted molar refractivity (Wildman–Crippen MR) is 85.3 cm³/mol. The monoisotopic (exact) mass is 264 g/mol. The molecule has 0 radical (unpaired) electrons. The molecule has 0 aromatic heterocycles. The molecule has 2 heteroatoms. The minimum Gasteiger partial charge on any atom is -0.398 e. The Kier molecular flexibility index (Phi) is 3.57. The third-order valence-electron chi connectivity index (χ3n) is 3.98. The summed E-state index contributed by atoms with van der Waals surface area (Å²) in [7, 11) is 0. The molecule has 1 heterocycles. The summed E-state index contributed by atoms with van der Waals surface area (Å²) in [5, 5.41) is 0. The number of nitrogens with zero attached hydrogens (tertiary/aromatic N) is 1. The lowest BCUT2D eigenvalue weighted by atomic mass is 9.97. The summed E-state index contributed by atoms with van der Waals surface area (Å²) < 4.78 is 0. The highest BCUT2D eigenvalue weighted by atomic mass is 15.1. The standard InChI is InChI=1S/C18H20N2/c1-14(15-6-3-2-4-7-15)12-20-11-10-16-8-5-9-18(19)17(16)13-20/h2-9H,1,10-13,19H2. The Balaban J connectivity index is 1.72. The molecule has 0 aliphatic carbocycles. The van der Waals surface area contributed by atoms with Crippen molar-refractivity contribution in [1.29, 1.82) is 0 Å². The van der Waals surface area contributed by atoms with E-state index in [0.717, 1.165) is 31.7 Å². The maximum absolute atomic E-state index is 6.10. The van der Waals surface area contributed by atoms with E-state index < -0.39 is 0 Å². The fourth-order valence-corrected chi connectivity index (χ4v) is 2.83. The minimum absolute atomic E-state index is 0.901. The van der Waals surface area contributed by atoms with Crippen LogP contribution in [0, 0.1) is 0 Å². The molecule has 1 aliphatic heterocycles. The van der Waals surface area contributed by atoms with E-state index in [0.29, 0.717) is 0 Å². The summed E-state index contributed by atoms with van der Waals surface area (Å²) in [6.07, 6.45) is 1.07. The van der Waals surface area contributed by atoms with Crippen molar-refractivity contribution in [2.24, 2.45) is 0 Å². The molecule has 0 atom stereocenters. The summed E-state index contributed by atoms with van der Waals surface area (Å²) >= 11 is 0. The molecule has 3 rings (SSSR count). The van der Waals surface area contributed by atoms with Crippen molar-refractivity contribution in [2.45, 2.75) is 13.0 Å². The SMILES string of the molecule is C=C(CN1CCc2cccc(N)c2C1)c1ccccc1. The van der Waals surface area contributed by atoms with Crippen molar-refractivity contribution in [1.82, 2.24) is 4.90 Å². The van der Waals surface area contributed by atoms with Crippen molar-refractivity contribution in [3.63, 3.8) is 0 Å². The third-order valence-corrected chi connectivity index (χ3v) is 3.98. The van der Waals surface area contributed by atoms with Crippen LogP contribution in [0.1, 0.15) is 16.7 Å². The third kappa shape index (κ3) is 2.61. The number of rotatable bonds is 3. The largest absolute Gasteiger partial charge is 0.398 e. The van der Waals surface area contributed by atoms with E-state index in [2.05, 4.69) is 41.8 Å². The molecule has 0 fully saturated rings. The van der Waals surface area contributed by atoms with Gasteiger partial charge in [-0.05, 0) is 34.8 Å². The molecule has 0 spiro atoms. The molecular weight excluding hydrogens is 244 g/mol. The summed E-state index contributed by atoms with van der Waals surface area (Å²) in [5.74, 6) is 0. The first-order valence-electron chi connectivity index (χ1n) is 7.06. The summed E-state index contributed by atoms with van der Waals surface area (Å²) in [6, 6.07) is 16.6. The zero-order valence-electron chi connectivity index (χ0n) is 11.7. The average molecular weight is 264 g/mol. The maximum Gasteiger partial charge on any atom is 0.0362 e. The van der Waals surface area contributed by atoms with Crippen LogP contribution in [-0.2, 0) is 13.0 Å². The second-order valence-corrected chi connectivity index (χ2v) is 5.42. The zero-order valence-corrected chi connectivity index (χ0v) is 11.7. The first-order chi connectivity index (χ1) is 9.74. The number of benzene rings is 2. The first kappa shape index (κ1) is 12.9. The Morgan fingerprint density at radius 1 is 1.10 bits per heavy atom. The fourth-order valence-electron chi connectivity index (χ4n) is 2.83. The van der Waals surface area contributed by atoms with Crippen molar-refractivity contribution in [3.05, 3.63) is 71.8 Å². The van der Waals surface area contributed by atoms with Crippen molar-refractivity contribution >= 4 is 11.3 Å². The smallest absolute Gasteiger partial charge is 0.0362 e. The summed E-state index contributed by atoms with van der Waals surface area (Å²) in [6.45, 7) is 7.12. The molecule has 2 nitrogen and oxygen atoms in total.